The van der Waals surface area contributed by atoms with E-state index >= 15 is 0 Å². The molecule has 1 fully saturated rings. The zero-order valence-electron chi connectivity index (χ0n) is 15.5. The van der Waals surface area contributed by atoms with Gasteiger partial charge in [0.2, 0.25) is 5.91 Å². The Morgan fingerprint density at radius 2 is 2.28 bits per heavy atom. The van der Waals surface area contributed by atoms with E-state index < -0.39 is 0 Å². The summed E-state index contributed by atoms with van der Waals surface area (Å²) >= 11 is 1.78. The van der Waals surface area contributed by atoms with Gasteiger partial charge in [0.15, 0.2) is 0 Å². The minimum Gasteiger partial charge on any atom is -0.393 e. The molecule has 0 saturated carbocycles. The average molecular weight is 362 g/mol. The molecule has 0 radical (unpaired) electrons. The van der Waals surface area contributed by atoms with Crippen molar-refractivity contribution in [3.8, 4) is 11.8 Å². The molecule has 1 aromatic heterocycles. The maximum absolute atomic E-state index is 12.2. The number of thiophene rings is 1. The molecule has 0 aliphatic carbocycles. The maximum atomic E-state index is 12.2. The number of rotatable bonds is 9. The number of hydrogen-bond acceptors (Lipinski definition) is 3. The number of hydrogen-bond donors (Lipinski definition) is 1. The fourth-order valence-electron chi connectivity index (χ4n) is 3.42. The van der Waals surface area contributed by atoms with Crippen LogP contribution < -0.4 is 0 Å². The van der Waals surface area contributed by atoms with Crippen LogP contribution in [0.1, 0.15) is 63.7 Å². The molecule has 25 heavy (non-hydrogen) atoms. The Balaban J connectivity index is 1.74. The topological polar surface area (TPSA) is 40.5 Å². The first-order chi connectivity index (χ1) is 12.1. The molecule has 2 rings (SSSR count). The zero-order chi connectivity index (χ0) is 18.1. The van der Waals surface area contributed by atoms with Gasteiger partial charge in [0, 0.05) is 36.7 Å². The molecule has 1 saturated heterocycles. The SMILES string of the molecule is CCC#CC[C@H](C)[C@H](O)CC[C@H]1CCC(=O)N1CCCc1cccs1. The van der Waals surface area contributed by atoms with Crippen molar-refractivity contribution < 1.29 is 9.90 Å². The van der Waals surface area contributed by atoms with Crippen LogP contribution in [0.3, 0.4) is 0 Å². The molecule has 3 atom stereocenters. The molecule has 1 aromatic rings. The molecule has 2 heterocycles. The molecule has 1 N–H and O–H groups in total. The van der Waals surface area contributed by atoms with Gasteiger partial charge in [-0.25, -0.2) is 0 Å². The fraction of sp³-hybridized carbons (Fsp3) is 0.667. The van der Waals surface area contributed by atoms with Crippen LogP contribution >= 0.6 is 11.3 Å². The molecular formula is C21H31NO2S. The Morgan fingerprint density at radius 1 is 1.44 bits per heavy atom. The third kappa shape index (κ3) is 6.49. The van der Waals surface area contributed by atoms with Crippen molar-refractivity contribution in [3.63, 3.8) is 0 Å². The Labute approximate surface area is 156 Å². The van der Waals surface area contributed by atoms with Gasteiger partial charge in [0.25, 0.3) is 0 Å². The number of aliphatic hydroxyl groups excluding tert-OH is 1. The largest absolute Gasteiger partial charge is 0.393 e. The predicted molar refractivity (Wildman–Crippen MR) is 104 cm³/mol. The lowest BCUT2D eigenvalue weighted by molar-refractivity contribution is -0.129. The number of aliphatic hydroxyl groups is 1. The van der Waals surface area contributed by atoms with Crippen LogP contribution in [-0.2, 0) is 11.2 Å². The summed E-state index contributed by atoms with van der Waals surface area (Å²) in [6, 6.07) is 4.55. The molecular weight excluding hydrogens is 330 g/mol. The fourth-order valence-corrected chi connectivity index (χ4v) is 4.17. The predicted octanol–water partition coefficient (Wildman–Crippen LogP) is 4.25. The summed E-state index contributed by atoms with van der Waals surface area (Å²) in [6.07, 6.45) is 6.63. The number of carbonyl (C=O) groups excluding carboxylic acids is 1. The van der Waals surface area contributed by atoms with E-state index in [1.54, 1.807) is 11.3 Å². The van der Waals surface area contributed by atoms with E-state index in [4.69, 9.17) is 0 Å². The smallest absolute Gasteiger partial charge is 0.222 e. The first-order valence-electron chi connectivity index (χ1n) is 9.57. The highest BCUT2D eigenvalue weighted by molar-refractivity contribution is 7.09. The summed E-state index contributed by atoms with van der Waals surface area (Å²) in [5.74, 6) is 6.68. The van der Waals surface area contributed by atoms with Crippen molar-refractivity contribution in [2.75, 3.05) is 6.54 Å². The van der Waals surface area contributed by atoms with Crippen molar-refractivity contribution >= 4 is 17.2 Å². The van der Waals surface area contributed by atoms with Crippen molar-refractivity contribution in [2.24, 2.45) is 5.92 Å². The van der Waals surface area contributed by atoms with Crippen molar-refractivity contribution in [3.05, 3.63) is 22.4 Å². The second-order valence-electron chi connectivity index (χ2n) is 7.00. The molecule has 4 heteroatoms. The summed E-state index contributed by atoms with van der Waals surface area (Å²) in [6.45, 7) is 4.95. The van der Waals surface area contributed by atoms with Gasteiger partial charge in [-0.2, -0.15) is 0 Å². The van der Waals surface area contributed by atoms with E-state index in [0.29, 0.717) is 12.5 Å². The number of amides is 1. The standard InChI is InChI=1S/C21H31NO2S/c1-3-4-5-8-17(2)20(23)13-11-18-12-14-21(24)22(18)15-6-9-19-10-7-16-25-19/h7,10,16-18,20,23H,3,6,8-9,11-15H2,1-2H3/t17-,18-,20+/m0/s1. The molecule has 3 nitrogen and oxygen atoms in total. The lowest BCUT2D eigenvalue weighted by Gasteiger charge is -2.26. The van der Waals surface area contributed by atoms with Crippen LogP contribution in [0.4, 0.5) is 0 Å². The van der Waals surface area contributed by atoms with Gasteiger partial charge in [0.1, 0.15) is 0 Å². The monoisotopic (exact) mass is 361 g/mol. The molecule has 0 bridgehead atoms. The number of aryl methyl sites for hydroxylation is 1. The average Bonchev–Trinajstić information content (AvgIpc) is 3.24. The first kappa shape index (κ1) is 20.0. The van der Waals surface area contributed by atoms with Crippen molar-refractivity contribution in [1.82, 2.24) is 4.90 Å². The van der Waals surface area contributed by atoms with Gasteiger partial charge < -0.3 is 10.0 Å². The van der Waals surface area contributed by atoms with Gasteiger partial charge in [-0.05, 0) is 49.5 Å². The normalized spacial score (nSPS) is 19.6. The van der Waals surface area contributed by atoms with Crippen molar-refractivity contribution in [2.45, 2.75) is 77.4 Å². The molecule has 138 valence electrons. The number of likely N-dealkylation sites (tertiary alicyclic amines) is 1. The zero-order valence-corrected chi connectivity index (χ0v) is 16.4. The van der Waals surface area contributed by atoms with Crippen LogP contribution in [0.15, 0.2) is 17.5 Å². The van der Waals surface area contributed by atoms with Gasteiger partial charge in [-0.1, -0.05) is 19.9 Å². The van der Waals surface area contributed by atoms with Crippen LogP contribution in [-0.4, -0.2) is 34.6 Å². The van der Waals surface area contributed by atoms with Gasteiger partial charge >= 0.3 is 0 Å². The van der Waals surface area contributed by atoms with E-state index in [2.05, 4.69) is 41.2 Å². The highest BCUT2D eigenvalue weighted by Gasteiger charge is 2.30. The summed E-state index contributed by atoms with van der Waals surface area (Å²) in [7, 11) is 0. The van der Waals surface area contributed by atoms with E-state index in [9.17, 15) is 9.90 Å². The molecule has 0 unspecified atom stereocenters. The lowest BCUT2D eigenvalue weighted by Crippen LogP contribution is -2.35. The Bertz CT molecular complexity index is 572. The molecule has 0 aromatic carbocycles. The minimum absolute atomic E-state index is 0.198. The first-order valence-corrected chi connectivity index (χ1v) is 10.5. The van der Waals surface area contributed by atoms with E-state index in [0.717, 1.165) is 51.5 Å². The molecule has 1 aliphatic rings. The lowest BCUT2D eigenvalue weighted by atomic mass is 9.95. The van der Waals surface area contributed by atoms with Gasteiger partial charge in [0.05, 0.1) is 6.10 Å². The summed E-state index contributed by atoms with van der Waals surface area (Å²) in [4.78, 5) is 15.6. The van der Waals surface area contributed by atoms with Crippen LogP contribution in [0.5, 0.6) is 0 Å². The highest BCUT2D eigenvalue weighted by atomic mass is 32.1. The van der Waals surface area contributed by atoms with Crippen molar-refractivity contribution in [1.29, 1.82) is 0 Å². The third-order valence-electron chi connectivity index (χ3n) is 5.03. The van der Waals surface area contributed by atoms with E-state index in [1.807, 2.05) is 6.92 Å². The molecule has 1 amide bonds. The summed E-state index contributed by atoms with van der Waals surface area (Å²) < 4.78 is 0. The Kier molecular flexibility index (Phi) is 8.51. The van der Waals surface area contributed by atoms with Crippen LogP contribution in [0.2, 0.25) is 0 Å². The molecule has 0 spiro atoms. The van der Waals surface area contributed by atoms with Gasteiger partial charge in [-0.15, -0.1) is 23.2 Å². The number of nitrogens with zero attached hydrogens (tertiary/aromatic N) is 1. The Morgan fingerprint density at radius 3 is 3.00 bits per heavy atom. The van der Waals surface area contributed by atoms with Crippen LogP contribution in [0.25, 0.3) is 0 Å². The van der Waals surface area contributed by atoms with Gasteiger partial charge in [-0.3, -0.25) is 4.79 Å². The second kappa shape index (κ2) is 10.6. The quantitative estimate of drug-likeness (QED) is 0.668. The Hall–Kier alpha value is -1.31. The molecule has 1 aliphatic heterocycles. The third-order valence-corrected chi connectivity index (χ3v) is 5.97. The summed E-state index contributed by atoms with van der Waals surface area (Å²) in [5, 5.41) is 12.5. The number of carbonyl (C=O) groups is 1. The van der Waals surface area contributed by atoms with E-state index in [-0.39, 0.29) is 17.9 Å². The van der Waals surface area contributed by atoms with Crippen LogP contribution in [0, 0.1) is 17.8 Å². The minimum atomic E-state index is -0.324. The second-order valence-corrected chi connectivity index (χ2v) is 8.03. The highest BCUT2D eigenvalue weighted by Crippen LogP contribution is 2.25. The summed E-state index contributed by atoms with van der Waals surface area (Å²) in [5.41, 5.74) is 0. The maximum Gasteiger partial charge on any atom is 0.222 e. The van der Waals surface area contributed by atoms with E-state index in [1.165, 1.54) is 4.88 Å².